The molecule has 2 saturated carbocycles. The van der Waals surface area contributed by atoms with Crippen LogP contribution in [0, 0.1) is 17.8 Å². The number of carboxylic acid groups (broad SMARTS) is 1. The Balaban J connectivity index is 1.78. The predicted molar refractivity (Wildman–Crippen MR) is 69.4 cm³/mol. The molecule has 2 fully saturated rings. The number of aliphatic hydroxyl groups excluding tert-OH is 1. The minimum Gasteiger partial charge on any atom is -0.479 e. The van der Waals surface area contributed by atoms with Crippen molar-refractivity contribution < 1.29 is 19.8 Å². The minimum absolute atomic E-state index is 0.000319. The van der Waals surface area contributed by atoms with Gasteiger partial charge in [0.05, 0.1) is 6.54 Å². The first-order chi connectivity index (χ1) is 9.08. The highest BCUT2D eigenvalue weighted by atomic mass is 16.4. The fourth-order valence-corrected chi connectivity index (χ4v) is 3.54. The van der Waals surface area contributed by atoms with Gasteiger partial charge in [-0.15, -0.1) is 0 Å². The molecule has 0 aliphatic heterocycles. The number of carbonyl (C=O) groups is 2. The minimum atomic E-state index is -1.50. The first-order valence-electron chi connectivity index (χ1n) is 7.26. The fourth-order valence-electron chi connectivity index (χ4n) is 3.54. The standard InChI is InChI=1S/C14H23NO4/c16-12(14(18)19)8-15-13(17)11-6-5-9-3-1-2-4-10(9)7-11/h9-12,16H,1-8H2,(H,15,17)(H,18,19)/t9?,10?,11?,12-/m0/s1. The van der Waals surface area contributed by atoms with Gasteiger partial charge < -0.3 is 15.5 Å². The number of hydrogen-bond acceptors (Lipinski definition) is 3. The van der Waals surface area contributed by atoms with Gasteiger partial charge >= 0.3 is 5.97 Å². The Morgan fingerprint density at radius 3 is 2.47 bits per heavy atom. The van der Waals surface area contributed by atoms with E-state index in [1.165, 1.54) is 25.7 Å². The van der Waals surface area contributed by atoms with Crippen LogP contribution in [0.5, 0.6) is 0 Å². The molecule has 0 spiro atoms. The normalized spacial score (nSPS) is 32.2. The summed E-state index contributed by atoms with van der Waals surface area (Å²) in [7, 11) is 0. The highest BCUT2D eigenvalue weighted by Gasteiger charge is 2.35. The molecule has 5 heteroatoms. The maximum Gasteiger partial charge on any atom is 0.334 e. The molecule has 1 amide bonds. The summed E-state index contributed by atoms with van der Waals surface area (Å²) < 4.78 is 0. The van der Waals surface area contributed by atoms with Crippen LogP contribution in [0.1, 0.15) is 44.9 Å². The van der Waals surface area contributed by atoms with Gasteiger partial charge in [-0.25, -0.2) is 4.79 Å². The smallest absolute Gasteiger partial charge is 0.334 e. The van der Waals surface area contributed by atoms with Gasteiger partial charge in [0.2, 0.25) is 5.91 Å². The SMILES string of the molecule is O=C(NC[C@H](O)C(=O)O)C1CCC2CCCCC2C1. The topological polar surface area (TPSA) is 86.6 Å². The van der Waals surface area contributed by atoms with Gasteiger partial charge in [0.15, 0.2) is 6.10 Å². The molecule has 0 aromatic rings. The Labute approximate surface area is 113 Å². The van der Waals surface area contributed by atoms with Crippen LogP contribution in [-0.4, -0.2) is 34.7 Å². The number of carbonyl (C=O) groups excluding carboxylic acids is 1. The van der Waals surface area contributed by atoms with E-state index >= 15 is 0 Å². The van der Waals surface area contributed by atoms with E-state index in [4.69, 9.17) is 10.2 Å². The highest BCUT2D eigenvalue weighted by Crippen LogP contribution is 2.42. The molecule has 2 rings (SSSR count). The Morgan fingerprint density at radius 2 is 1.79 bits per heavy atom. The molecule has 108 valence electrons. The zero-order chi connectivity index (χ0) is 13.8. The molecule has 0 bridgehead atoms. The lowest BCUT2D eigenvalue weighted by atomic mass is 9.67. The third kappa shape index (κ3) is 3.69. The molecule has 19 heavy (non-hydrogen) atoms. The summed E-state index contributed by atoms with van der Waals surface area (Å²) in [5.74, 6) is 0.0750. The number of fused-ring (bicyclic) bond motifs is 1. The van der Waals surface area contributed by atoms with Crippen molar-refractivity contribution in [3.8, 4) is 0 Å². The second-order valence-electron chi connectivity index (χ2n) is 5.91. The van der Waals surface area contributed by atoms with Crippen molar-refractivity contribution in [1.29, 1.82) is 0 Å². The molecule has 0 aromatic carbocycles. The van der Waals surface area contributed by atoms with Crippen molar-refractivity contribution in [2.24, 2.45) is 17.8 Å². The van der Waals surface area contributed by atoms with E-state index in [1.807, 2.05) is 0 Å². The van der Waals surface area contributed by atoms with Crippen LogP contribution in [-0.2, 0) is 9.59 Å². The summed E-state index contributed by atoms with van der Waals surface area (Å²) in [5, 5.41) is 20.3. The van der Waals surface area contributed by atoms with Crippen LogP contribution in [0.15, 0.2) is 0 Å². The Kier molecular flexibility index (Phi) is 4.80. The summed E-state index contributed by atoms with van der Waals surface area (Å²) >= 11 is 0. The van der Waals surface area contributed by atoms with Gasteiger partial charge in [-0.1, -0.05) is 25.7 Å². The highest BCUT2D eigenvalue weighted by molar-refractivity contribution is 5.80. The van der Waals surface area contributed by atoms with E-state index in [1.54, 1.807) is 0 Å². The van der Waals surface area contributed by atoms with E-state index < -0.39 is 12.1 Å². The van der Waals surface area contributed by atoms with Crippen LogP contribution in [0.4, 0.5) is 0 Å². The number of aliphatic hydroxyl groups is 1. The van der Waals surface area contributed by atoms with Crippen molar-refractivity contribution in [3.63, 3.8) is 0 Å². The molecule has 0 heterocycles. The van der Waals surface area contributed by atoms with Gasteiger partial charge in [-0.05, 0) is 31.1 Å². The quantitative estimate of drug-likeness (QED) is 0.714. The van der Waals surface area contributed by atoms with Gasteiger partial charge in [-0.3, -0.25) is 4.79 Å². The molecule has 0 saturated heterocycles. The van der Waals surface area contributed by atoms with Crippen LogP contribution in [0.3, 0.4) is 0 Å². The van der Waals surface area contributed by atoms with Crippen LogP contribution in [0.2, 0.25) is 0 Å². The maximum absolute atomic E-state index is 12.0. The lowest BCUT2D eigenvalue weighted by molar-refractivity contribution is -0.146. The van der Waals surface area contributed by atoms with E-state index in [9.17, 15) is 9.59 Å². The molecule has 5 nitrogen and oxygen atoms in total. The summed E-state index contributed by atoms with van der Waals surface area (Å²) in [6, 6.07) is 0. The van der Waals surface area contributed by atoms with E-state index in [-0.39, 0.29) is 18.4 Å². The number of amides is 1. The Bertz CT molecular complexity index is 344. The zero-order valence-corrected chi connectivity index (χ0v) is 11.2. The number of hydrogen-bond donors (Lipinski definition) is 3. The second kappa shape index (κ2) is 6.37. The second-order valence-corrected chi connectivity index (χ2v) is 5.91. The summed E-state index contributed by atoms with van der Waals surface area (Å²) in [4.78, 5) is 22.5. The molecule has 0 aromatic heterocycles. The van der Waals surface area contributed by atoms with Crippen molar-refractivity contribution in [1.82, 2.24) is 5.32 Å². The molecule has 2 aliphatic carbocycles. The third-order valence-electron chi connectivity index (χ3n) is 4.67. The van der Waals surface area contributed by atoms with Crippen molar-refractivity contribution in [3.05, 3.63) is 0 Å². The van der Waals surface area contributed by atoms with Crippen molar-refractivity contribution >= 4 is 11.9 Å². The number of nitrogens with one attached hydrogen (secondary N) is 1. The van der Waals surface area contributed by atoms with Gasteiger partial charge in [0, 0.05) is 5.92 Å². The first kappa shape index (κ1) is 14.3. The fraction of sp³-hybridized carbons (Fsp3) is 0.857. The Morgan fingerprint density at radius 1 is 1.11 bits per heavy atom. The number of rotatable bonds is 4. The predicted octanol–water partition coefficient (Wildman–Crippen LogP) is 1.15. The molecule has 0 radical (unpaired) electrons. The summed E-state index contributed by atoms with van der Waals surface area (Å²) in [6.45, 7) is -0.196. The average Bonchev–Trinajstić information content (AvgIpc) is 2.43. The first-order valence-corrected chi connectivity index (χ1v) is 7.26. The van der Waals surface area contributed by atoms with E-state index in [0.717, 1.165) is 25.2 Å². The van der Waals surface area contributed by atoms with Crippen LogP contribution in [0.25, 0.3) is 0 Å². The van der Waals surface area contributed by atoms with E-state index in [2.05, 4.69) is 5.32 Å². The average molecular weight is 269 g/mol. The van der Waals surface area contributed by atoms with Crippen molar-refractivity contribution in [2.45, 2.75) is 51.0 Å². The van der Waals surface area contributed by atoms with E-state index in [0.29, 0.717) is 5.92 Å². The molecule has 3 unspecified atom stereocenters. The van der Waals surface area contributed by atoms with Gasteiger partial charge in [0.1, 0.15) is 0 Å². The van der Waals surface area contributed by atoms with Crippen LogP contribution >= 0.6 is 0 Å². The lowest BCUT2D eigenvalue weighted by Gasteiger charge is -2.38. The van der Waals surface area contributed by atoms with Crippen LogP contribution < -0.4 is 5.32 Å². The molecule has 2 aliphatic rings. The molecular weight excluding hydrogens is 246 g/mol. The maximum atomic E-state index is 12.0. The molecular formula is C14H23NO4. The molecule has 3 N–H and O–H groups in total. The summed E-state index contributed by atoms with van der Waals surface area (Å²) in [6.07, 6.45) is 6.56. The van der Waals surface area contributed by atoms with Gasteiger partial charge in [0.25, 0.3) is 0 Å². The monoisotopic (exact) mass is 269 g/mol. The number of aliphatic carboxylic acids is 1. The lowest BCUT2D eigenvalue weighted by Crippen LogP contribution is -2.42. The molecule has 4 atom stereocenters. The van der Waals surface area contributed by atoms with Crippen molar-refractivity contribution in [2.75, 3.05) is 6.54 Å². The zero-order valence-electron chi connectivity index (χ0n) is 11.2. The third-order valence-corrected chi connectivity index (χ3v) is 4.67. The largest absolute Gasteiger partial charge is 0.479 e. The summed E-state index contributed by atoms with van der Waals surface area (Å²) in [5.41, 5.74) is 0. The Hall–Kier alpha value is -1.10. The number of carboxylic acids is 1. The van der Waals surface area contributed by atoms with Gasteiger partial charge in [-0.2, -0.15) is 0 Å².